The molecule has 4 nitrogen and oxygen atoms in total. The smallest absolute Gasteiger partial charge is 0.151 e. The fourth-order valence-corrected chi connectivity index (χ4v) is 3.30. The molecule has 2 rings (SSSR count). The summed E-state index contributed by atoms with van der Waals surface area (Å²) in [7, 11) is 0. The Hall–Kier alpha value is -0.810. The minimum absolute atomic E-state index is 0.0457. The van der Waals surface area contributed by atoms with Gasteiger partial charge in [-0.3, -0.25) is 0 Å². The first-order valence-corrected chi connectivity index (χ1v) is 6.47. The summed E-state index contributed by atoms with van der Waals surface area (Å²) in [6, 6.07) is 3.77. The van der Waals surface area contributed by atoms with E-state index >= 15 is 0 Å². The zero-order valence-corrected chi connectivity index (χ0v) is 10.4. The lowest BCUT2D eigenvalue weighted by Crippen LogP contribution is -2.40. The van der Waals surface area contributed by atoms with Gasteiger partial charge < -0.3 is 10.0 Å². The van der Waals surface area contributed by atoms with E-state index in [-0.39, 0.29) is 6.61 Å². The third-order valence-electron chi connectivity index (χ3n) is 2.61. The SMILES string of the molecule is CC1CN(c2ccc(CO)nn2)CC(C)S1. The quantitative estimate of drug-likeness (QED) is 0.843. The second kappa shape index (κ2) is 5.01. The molecule has 2 heterocycles. The van der Waals surface area contributed by atoms with Gasteiger partial charge in [0.1, 0.15) is 0 Å². The summed E-state index contributed by atoms with van der Waals surface area (Å²) in [5.74, 6) is 0.913. The molecule has 0 amide bonds. The summed E-state index contributed by atoms with van der Waals surface area (Å²) in [5.41, 5.74) is 0.622. The average molecular weight is 239 g/mol. The van der Waals surface area contributed by atoms with Crippen molar-refractivity contribution >= 4 is 17.6 Å². The fourth-order valence-electron chi connectivity index (χ4n) is 1.97. The highest BCUT2D eigenvalue weighted by molar-refractivity contribution is 8.00. The molecule has 0 aliphatic carbocycles. The highest BCUT2D eigenvalue weighted by Crippen LogP contribution is 2.27. The van der Waals surface area contributed by atoms with Gasteiger partial charge in [0.2, 0.25) is 0 Å². The summed E-state index contributed by atoms with van der Waals surface area (Å²) >= 11 is 2.02. The Balaban J connectivity index is 2.10. The lowest BCUT2D eigenvalue weighted by molar-refractivity contribution is 0.275. The molecule has 1 aromatic heterocycles. The molecule has 2 unspecified atom stereocenters. The molecule has 1 N–H and O–H groups in total. The number of aromatic nitrogens is 2. The minimum Gasteiger partial charge on any atom is -0.390 e. The minimum atomic E-state index is -0.0457. The Labute approximate surface area is 100 Å². The van der Waals surface area contributed by atoms with Crippen molar-refractivity contribution in [3.05, 3.63) is 17.8 Å². The largest absolute Gasteiger partial charge is 0.390 e. The van der Waals surface area contributed by atoms with Crippen LogP contribution in [0.4, 0.5) is 5.82 Å². The molecule has 1 aliphatic rings. The molecule has 1 aromatic rings. The van der Waals surface area contributed by atoms with Gasteiger partial charge in [0.05, 0.1) is 12.3 Å². The summed E-state index contributed by atoms with van der Waals surface area (Å²) < 4.78 is 0. The van der Waals surface area contributed by atoms with Crippen LogP contribution in [0.5, 0.6) is 0 Å². The van der Waals surface area contributed by atoms with Crippen LogP contribution in [0.2, 0.25) is 0 Å². The Morgan fingerprint density at radius 1 is 1.31 bits per heavy atom. The molecule has 0 bridgehead atoms. The van der Waals surface area contributed by atoms with Crippen LogP contribution in [0.1, 0.15) is 19.5 Å². The zero-order valence-electron chi connectivity index (χ0n) is 9.63. The van der Waals surface area contributed by atoms with Crippen molar-refractivity contribution in [2.45, 2.75) is 31.0 Å². The van der Waals surface area contributed by atoms with Gasteiger partial charge in [-0.1, -0.05) is 13.8 Å². The molecule has 5 heteroatoms. The van der Waals surface area contributed by atoms with E-state index in [2.05, 4.69) is 28.9 Å². The van der Waals surface area contributed by atoms with Crippen LogP contribution in [-0.2, 0) is 6.61 Å². The second-order valence-corrected chi connectivity index (χ2v) is 6.08. The topological polar surface area (TPSA) is 49.2 Å². The Bertz CT molecular complexity index is 334. The number of aliphatic hydroxyl groups is 1. The van der Waals surface area contributed by atoms with Gasteiger partial charge in [-0.25, -0.2) is 0 Å². The third-order valence-corrected chi connectivity index (χ3v) is 3.84. The van der Waals surface area contributed by atoms with Crippen LogP contribution in [0, 0.1) is 0 Å². The molecule has 0 aromatic carbocycles. The van der Waals surface area contributed by atoms with Crippen molar-refractivity contribution in [3.8, 4) is 0 Å². The van der Waals surface area contributed by atoms with E-state index in [0.29, 0.717) is 16.2 Å². The van der Waals surface area contributed by atoms with Gasteiger partial charge in [-0.05, 0) is 12.1 Å². The first-order valence-electron chi connectivity index (χ1n) is 5.53. The Morgan fingerprint density at radius 3 is 2.50 bits per heavy atom. The molecule has 88 valence electrons. The maximum Gasteiger partial charge on any atom is 0.151 e. The van der Waals surface area contributed by atoms with Gasteiger partial charge in [0.25, 0.3) is 0 Å². The Kier molecular flexibility index (Phi) is 3.66. The molecule has 0 saturated carbocycles. The van der Waals surface area contributed by atoms with Crippen molar-refractivity contribution in [3.63, 3.8) is 0 Å². The van der Waals surface area contributed by atoms with Crippen LogP contribution < -0.4 is 4.90 Å². The standard InChI is InChI=1S/C11H17N3OS/c1-8-5-14(6-9(2)16-8)11-4-3-10(7-15)12-13-11/h3-4,8-9,15H,5-7H2,1-2H3. The van der Waals surface area contributed by atoms with Crippen LogP contribution in [0.25, 0.3) is 0 Å². The first kappa shape index (κ1) is 11.7. The van der Waals surface area contributed by atoms with Crippen LogP contribution in [-0.4, -0.2) is 38.9 Å². The van der Waals surface area contributed by atoms with Crippen LogP contribution in [0.3, 0.4) is 0 Å². The number of anilines is 1. The van der Waals surface area contributed by atoms with E-state index in [0.717, 1.165) is 18.9 Å². The summed E-state index contributed by atoms with van der Waals surface area (Å²) in [6.07, 6.45) is 0. The fraction of sp³-hybridized carbons (Fsp3) is 0.636. The van der Waals surface area contributed by atoms with Crippen molar-refractivity contribution < 1.29 is 5.11 Å². The van der Waals surface area contributed by atoms with Crippen molar-refractivity contribution in [2.24, 2.45) is 0 Å². The Morgan fingerprint density at radius 2 is 2.00 bits per heavy atom. The molecule has 16 heavy (non-hydrogen) atoms. The predicted octanol–water partition coefficient (Wildman–Crippen LogP) is 1.30. The number of nitrogens with zero attached hydrogens (tertiary/aromatic N) is 3. The maximum absolute atomic E-state index is 8.90. The van der Waals surface area contributed by atoms with E-state index in [1.165, 1.54) is 0 Å². The number of thioether (sulfide) groups is 1. The van der Waals surface area contributed by atoms with Gasteiger partial charge in [-0.15, -0.1) is 5.10 Å². The van der Waals surface area contributed by atoms with E-state index in [9.17, 15) is 0 Å². The molecule has 1 aliphatic heterocycles. The molecule has 0 radical (unpaired) electrons. The van der Waals surface area contributed by atoms with Crippen molar-refractivity contribution in [2.75, 3.05) is 18.0 Å². The molecule has 2 atom stereocenters. The number of aliphatic hydroxyl groups excluding tert-OH is 1. The highest BCUT2D eigenvalue weighted by atomic mass is 32.2. The average Bonchev–Trinajstić information content (AvgIpc) is 2.28. The van der Waals surface area contributed by atoms with E-state index in [1.807, 2.05) is 23.9 Å². The van der Waals surface area contributed by atoms with E-state index < -0.39 is 0 Å². The molecular formula is C11H17N3OS. The normalized spacial score (nSPS) is 25.8. The molecule has 1 fully saturated rings. The lowest BCUT2D eigenvalue weighted by atomic mass is 10.3. The van der Waals surface area contributed by atoms with E-state index in [4.69, 9.17) is 5.11 Å². The number of hydrogen-bond acceptors (Lipinski definition) is 5. The zero-order chi connectivity index (χ0) is 11.5. The molecular weight excluding hydrogens is 222 g/mol. The van der Waals surface area contributed by atoms with Crippen molar-refractivity contribution in [1.29, 1.82) is 0 Å². The van der Waals surface area contributed by atoms with Gasteiger partial charge >= 0.3 is 0 Å². The van der Waals surface area contributed by atoms with Crippen molar-refractivity contribution in [1.82, 2.24) is 10.2 Å². The van der Waals surface area contributed by atoms with Gasteiger partial charge in [0, 0.05) is 23.6 Å². The molecule has 0 spiro atoms. The van der Waals surface area contributed by atoms with Crippen LogP contribution >= 0.6 is 11.8 Å². The van der Waals surface area contributed by atoms with Gasteiger partial charge in [-0.2, -0.15) is 16.9 Å². The third kappa shape index (κ3) is 2.65. The highest BCUT2D eigenvalue weighted by Gasteiger charge is 2.23. The van der Waals surface area contributed by atoms with E-state index in [1.54, 1.807) is 0 Å². The summed E-state index contributed by atoms with van der Waals surface area (Å²) in [4.78, 5) is 2.26. The van der Waals surface area contributed by atoms with Gasteiger partial charge in [0.15, 0.2) is 5.82 Å². The monoisotopic (exact) mass is 239 g/mol. The maximum atomic E-state index is 8.90. The second-order valence-electron chi connectivity index (χ2n) is 4.20. The van der Waals surface area contributed by atoms with Crippen LogP contribution in [0.15, 0.2) is 12.1 Å². The number of rotatable bonds is 2. The summed E-state index contributed by atoms with van der Waals surface area (Å²) in [6.45, 7) is 6.46. The predicted molar refractivity (Wildman–Crippen MR) is 66.7 cm³/mol. The lowest BCUT2D eigenvalue weighted by Gasteiger charge is -2.35. The molecule has 1 saturated heterocycles. The summed E-state index contributed by atoms with van der Waals surface area (Å²) in [5, 5.41) is 18.3. The number of hydrogen-bond donors (Lipinski definition) is 1. The first-order chi connectivity index (χ1) is 7.69.